The fourth-order valence-electron chi connectivity index (χ4n) is 2.36. The van der Waals surface area contributed by atoms with Gasteiger partial charge in [0.05, 0.1) is 26.4 Å². The summed E-state index contributed by atoms with van der Waals surface area (Å²) in [6.45, 7) is 1.41. The van der Waals surface area contributed by atoms with Crippen LogP contribution in [0.4, 0.5) is 0 Å². The number of hydrogen-bond donors (Lipinski definition) is 2. The van der Waals surface area contributed by atoms with Crippen molar-refractivity contribution >= 4 is 5.91 Å². The minimum absolute atomic E-state index is 0.0281. The van der Waals surface area contributed by atoms with Crippen LogP contribution in [0.2, 0.25) is 0 Å². The lowest BCUT2D eigenvalue weighted by Crippen LogP contribution is -2.43. The minimum atomic E-state index is -0.227. The topological polar surface area (TPSA) is 68.8 Å². The van der Waals surface area contributed by atoms with Crippen molar-refractivity contribution in [2.75, 3.05) is 34.4 Å². The molecule has 1 heterocycles. The zero-order valence-electron chi connectivity index (χ0n) is 11.9. The molecule has 6 heteroatoms. The fourth-order valence-corrected chi connectivity index (χ4v) is 2.36. The van der Waals surface area contributed by atoms with Crippen LogP contribution in [0, 0.1) is 0 Å². The van der Waals surface area contributed by atoms with Gasteiger partial charge in [0.1, 0.15) is 17.1 Å². The number of ether oxygens (including phenoxy) is 3. The first-order valence-corrected chi connectivity index (χ1v) is 6.46. The molecule has 0 aliphatic carbocycles. The van der Waals surface area contributed by atoms with Crippen molar-refractivity contribution < 1.29 is 19.0 Å². The van der Waals surface area contributed by atoms with Crippen molar-refractivity contribution in [3.05, 3.63) is 23.8 Å². The van der Waals surface area contributed by atoms with Crippen LogP contribution in [0.15, 0.2) is 18.2 Å². The number of benzene rings is 1. The smallest absolute Gasteiger partial charge is 0.259 e. The summed E-state index contributed by atoms with van der Waals surface area (Å²) in [5.41, 5.74) is 0.402. The van der Waals surface area contributed by atoms with Crippen molar-refractivity contribution in [3.63, 3.8) is 0 Å². The van der Waals surface area contributed by atoms with Crippen LogP contribution in [-0.2, 0) is 4.74 Å². The fraction of sp³-hybridized carbons (Fsp3) is 0.500. The third kappa shape index (κ3) is 2.86. The first-order valence-electron chi connectivity index (χ1n) is 6.46. The van der Waals surface area contributed by atoms with E-state index in [1.165, 1.54) is 14.2 Å². The molecule has 0 radical (unpaired) electrons. The van der Waals surface area contributed by atoms with Gasteiger partial charge in [0.2, 0.25) is 0 Å². The Morgan fingerprint density at radius 3 is 2.40 bits per heavy atom. The van der Waals surface area contributed by atoms with Crippen molar-refractivity contribution in [2.24, 2.45) is 0 Å². The number of carbonyl (C=O) groups excluding carboxylic acids is 1. The molecule has 2 rings (SSSR count). The average molecular weight is 280 g/mol. The summed E-state index contributed by atoms with van der Waals surface area (Å²) in [7, 11) is 4.70. The van der Waals surface area contributed by atoms with Crippen molar-refractivity contribution in [1.82, 2.24) is 10.6 Å². The van der Waals surface area contributed by atoms with Crippen LogP contribution in [0.5, 0.6) is 11.5 Å². The minimum Gasteiger partial charge on any atom is -0.496 e. The van der Waals surface area contributed by atoms with Gasteiger partial charge in [0.25, 0.3) is 5.91 Å². The van der Waals surface area contributed by atoms with Gasteiger partial charge in [-0.15, -0.1) is 0 Å². The van der Waals surface area contributed by atoms with E-state index in [-0.39, 0.29) is 18.1 Å². The Hall–Kier alpha value is -1.79. The van der Waals surface area contributed by atoms with Crippen LogP contribution < -0.4 is 20.1 Å². The number of nitrogens with one attached hydrogen (secondary N) is 2. The van der Waals surface area contributed by atoms with Gasteiger partial charge in [0.15, 0.2) is 0 Å². The second-order valence-corrected chi connectivity index (χ2v) is 4.55. The molecule has 1 aromatic rings. The van der Waals surface area contributed by atoms with E-state index in [1.807, 2.05) is 0 Å². The number of carbonyl (C=O) groups is 1. The highest BCUT2D eigenvalue weighted by Gasteiger charge is 2.30. The Kier molecular flexibility index (Phi) is 4.81. The van der Waals surface area contributed by atoms with E-state index in [9.17, 15) is 4.79 Å². The molecule has 110 valence electrons. The molecule has 6 nitrogen and oxygen atoms in total. The molecule has 20 heavy (non-hydrogen) atoms. The molecule has 2 N–H and O–H groups in total. The molecule has 1 unspecified atom stereocenters. The van der Waals surface area contributed by atoms with Gasteiger partial charge >= 0.3 is 0 Å². The number of amides is 1. The number of methoxy groups -OCH3 is 3. The largest absolute Gasteiger partial charge is 0.496 e. The predicted octanol–water partition coefficient (Wildman–Crippen LogP) is 0.420. The highest BCUT2D eigenvalue weighted by molar-refractivity contribution is 6.00. The predicted molar refractivity (Wildman–Crippen MR) is 74.5 cm³/mol. The van der Waals surface area contributed by atoms with Gasteiger partial charge in [0, 0.05) is 20.2 Å². The van der Waals surface area contributed by atoms with Gasteiger partial charge < -0.3 is 24.8 Å². The molecule has 2 atom stereocenters. The molecule has 0 aromatic heterocycles. The summed E-state index contributed by atoms with van der Waals surface area (Å²) in [6.07, 6.45) is -0.0281. The van der Waals surface area contributed by atoms with Crippen LogP contribution in [0.25, 0.3) is 0 Å². The third-order valence-corrected chi connectivity index (χ3v) is 3.43. The molecule has 0 spiro atoms. The van der Waals surface area contributed by atoms with Crippen molar-refractivity contribution in [1.29, 1.82) is 0 Å². The Balaban J connectivity index is 2.20. The van der Waals surface area contributed by atoms with Gasteiger partial charge in [-0.1, -0.05) is 6.07 Å². The molecule has 1 aliphatic rings. The number of rotatable bonds is 5. The zero-order chi connectivity index (χ0) is 14.5. The van der Waals surface area contributed by atoms with E-state index in [0.717, 1.165) is 6.54 Å². The highest BCUT2D eigenvalue weighted by atomic mass is 16.5. The van der Waals surface area contributed by atoms with Crippen molar-refractivity contribution in [2.45, 2.75) is 12.1 Å². The molecule has 1 saturated heterocycles. The zero-order valence-corrected chi connectivity index (χ0v) is 11.9. The summed E-state index contributed by atoms with van der Waals surface area (Å²) in [5, 5.41) is 6.14. The second-order valence-electron chi connectivity index (χ2n) is 4.55. The van der Waals surface area contributed by atoms with E-state index in [2.05, 4.69) is 10.6 Å². The van der Waals surface area contributed by atoms with Gasteiger partial charge in [-0.3, -0.25) is 4.79 Å². The average Bonchev–Trinajstić information content (AvgIpc) is 2.93. The van der Waals surface area contributed by atoms with Gasteiger partial charge in [-0.05, 0) is 12.1 Å². The molecule has 1 fully saturated rings. The highest BCUT2D eigenvalue weighted by Crippen LogP contribution is 2.28. The number of hydrogen-bond acceptors (Lipinski definition) is 5. The Morgan fingerprint density at radius 1 is 1.20 bits per heavy atom. The van der Waals surface area contributed by atoms with Crippen LogP contribution in [0.3, 0.4) is 0 Å². The second kappa shape index (κ2) is 6.58. The Morgan fingerprint density at radius 2 is 1.85 bits per heavy atom. The monoisotopic (exact) mass is 280 g/mol. The quantitative estimate of drug-likeness (QED) is 0.818. The molecule has 1 amide bonds. The lowest BCUT2D eigenvalue weighted by atomic mass is 10.1. The third-order valence-electron chi connectivity index (χ3n) is 3.43. The van der Waals surface area contributed by atoms with Gasteiger partial charge in [-0.2, -0.15) is 0 Å². The molecule has 0 bridgehead atoms. The molecule has 1 aromatic carbocycles. The lowest BCUT2D eigenvalue weighted by Gasteiger charge is -2.20. The SMILES string of the molecule is COc1cccc(OC)c1C(=O)NC1CNC[C@@H]1OC. The summed E-state index contributed by atoms with van der Waals surface area (Å²) in [5.74, 6) is 0.749. The first kappa shape index (κ1) is 14.6. The van der Waals surface area contributed by atoms with Crippen LogP contribution in [0.1, 0.15) is 10.4 Å². The maximum Gasteiger partial charge on any atom is 0.259 e. The standard InChI is InChI=1S/C14H20N2O4/c1-18-10-5-4-6-11(19-2)13(10)14(17)16-9-7-15-8-12(9)20-3/h4-6,9,12,15H,7-8H2,1-3H3,(H,16,17)/t9?,12-/m0/s1. The summed E-state index contributed by atoms with van der Waals surface area (Å²) in [4.78, 5) is 12.5. The molecular formula is C14H20N2O4. The van der Waals surface area contributed by atoms with Gasteiger partial charge in [-0.25, -0.2) is 0 Å². The van der Waals surface area contributed by atoms with E-state index in [1.54, 1.807) is 25.3 Å². The van der Waals surface area contributed by atoms with E-state index >= 15 is 0 Å². The molecule has 0 saturated carbocycles. The maximum absolute atomic E-state index is 12.5. The Bertz CT molecular complexity index is 456. The molecular weight excluding hydrogens is 260 g/mol. The normalized spacial score (nSPS) is 21.6. The summed E-state index contributed by atoms with van der Waals surface area (Å²) < 4.78 is 15.8. The van der Waals surface area contributed by atoms with E-state index in [0.29, 0.717) is 23.6 Å². The lowest BCUT2D eigenvalue weighted by molar-refractivity contribution is 0.0775. The van der Waals surface area contributed by atoms with Crippen LogP contribution >= 0.6 is 0 Å². The maximum atomic E-state index is 12.5. The summed E-state index contributed by atoms with van der Waals surface area (Å²) in [6, 6.07) is 5.18. The first-order chi connectivity index (χ1) is 9.71. The van der Waals surface area contributed by atoms with Crippen LogP contribution in [-0.4, -0.2) is 52.5 Å². The summed E-state index contributed by atoms with van der Waals surface area (Å²) >= 11 is 0. The Labute approximate surface area is 118 Å². The van der Waals surface area contributed by atoms with E-state index < -0.39 is 0 Å². The molecule has 1 aliphatic heterocycles. The van der Waals surface area contributed by atoms with E-state index in [4.69, 9.17) is 14.2 Å². The van der Waals surface area contributed by atoms with Crippen molar-refractivity contribution in [3.8, 4) is 11.5 Å².